The van der Waals surface area contributed by atoms with Crippen LogP contribution in [-0.4, -0.2) is 81.0 Å². The van der Waals surface area contributed by atoms with Crippen LogP contribution in [0.15, 0.2) is 0 Å². The normalized spacial score (nSPS) is 12.5. The summed E-state index contributed by atoms with van der Waals surface area (Å²) in [6.07, 6.45) is -0.965. The Morgan fingerprint density at radius 3 is 1.21 bits per heavy atom. The third kappa shape index (κ3) is 20.4. The van der Waals surface area contributed by atoms with Crippen LogP contribution in [0.4, 0.5) is 26.3 Å². The number of hydrogen-bond donors (Lipinski definition) is 1. The zero-order chi connectivity index (χ0) is 23.8. The van der Waals surface area contributed by atoms with Crippen LogP contribution in [0, 0.1) is 0 Å². The van der Waals surface area contributed by atoms with Crippen LogP contribution in [0.1, 0.15) is 26.7 Å². The number of rotatable bonds is 14. The van der Waals surface area contributed by atoms with Crippen molar-refractivity contribution in [2.45, 2.75) is 38.5 Å². The van der Waals surface area contributed by atoms with Crippen molar-refractivity contribution in [2.75, 3.05) is 52.3 Å². The molecule has 180 valence electrons. The maximum atomic E-state index is 12.9. The molecule has 0 heterocycles. The number of alkyl halides is 6. The average molecular weight is 486 g/mol. The van der Waals surface area contributed by atoms with Crippen LogP contribution in [0.5, 0.6) is 0 Å². The van der Waals surface area contributed by atoms with Gasteiger partial charge in [-0.25, -0.2) is 34.4 Å². The van der Waals surface area contributed by atoms with E-state index in [0.717, 1.165) is 0 Å². The third-order valence-electron chi connectivity index (χ3n) is 2.91. The van der Waals surface area contributed by atoms with Gasteiger partial charge in [0.1, 0.15) is 13.2 Å². The van der Waals surface area contributed by atoms with Crippen molar-refractivity contribution in [1.82, 2.24) is 4.13 Å². The molecule has 7 nitrogen and oxygen atoms in total. The molecule has 0 aliphatic carbocycles. The zero-order valence-electron chi connectivity index (χ0n) is 16.7. The number of nitrogens with one attached hydrogen (secondary N) is 1. The fourth-order valence-corrected chi connectivity index (χ4v) is 4.15. The topological polar surface area (TPSA) is 98.8 Å². The second kappa shape index (κ2) is 16.1. The van der Waals surface area contributed by atoms with E-state index < -0.39 is 82.7 Å². The van der Waals surface area contributed by atoms with E-state index in [1.54, 1.807) is 0 Å². The third-order valence-corrected chi connectivity index (χ3v) is 6.35. The largest absolute Gasteiger partial charge is 0.374 e. The molecule has 0 spiro atoms. The second-order valence-corrected chi connectivity index (χ2v) is 9.19. The summed E-state index contributed by atoms with van der Waals surface area (Å²) in [4.78, 5) is 0. The van der Waals surface area contributed by atoms with Crippen LogP contribution < -0.4 is 4.13 Å². The van der Waals surface area contributed by atoms with Gasteiger partial charge in [-0.1, -0.05) is 13.8 Å². The summed E-state index contributed by atoms with van der Waals surface area (Å²) in [5.74, 6) is -7.89. The summed E-state index contributed by atoms with van der Waals surface area (Å²) >= 11 is 0. The lowest BCUT2D eigenvalue weighted by Gasteiger charge is -2.15. The predicted octanol–water partition coefficient (Wildman–Crippen LogP) is 2.53. The lowest BCUT2D eigenvalue weighted by Crippen LogP contribution is -2.37. The van der Waals surface area contributed by atoms with E-state index in [2.05, 4.69) is 9.47 Å². The van der Waals surface area contributed by atoms with E-state index in [1.807, 2.05) is 0 Å². The molecule has 0 saturated carbocycles. The first-order valence-corrected chi connectivity index (χ1v) is 11.5. The summed E-state index contributed by atoms with van der Waals surface area (Å²) in [6, 6.07) is 0. The molecular weight excluding hydrogens is 456 g/mol. The Kier molecular flexibility index (Phi) is 18.3. The standard InChI is InChI=1S/C12H23F4NO6S2.2CH3F/c1-3-11(13,14)9-22-5-7-24(18,19)17-25(20,21)8-6-23-10-12(15,16)4-2;2*1-2/h17H,3-10H2,1-2H3;2*1H3. The Labute approximate surface area is 168 Å². The molecule has 29 heavy (non-hydrogen) atoms. The van der Waals surface area contributed by atoms with Gasteiger partial charge >= 0.3 is 0 Å². The summed E-state index contributed by atoms with van der Waals surface area (Å²) in [5, 5.41) is 0. The fourth-order valence-electron chi connectivity index (χ4n) is 1.26. The maximum absolute atomic E-state index is 12.9. The lowest BCUT2D eigenvalue weighted by molar-refractivity contribution is -0.0762. The van der Waals surface area contributed by atoms with Gasteiger partial charge in [0.2, 0.25) is 20.0 Å². The van der Waals surface area contributed by atoms with Crippen LogP contribution in [-0.2, 0) is 29.5 Å². The Bertz CT molecular complexity index is 550. The Morgan fingerprint density at radius 2 is 0.966 bits per heavy atom. The van der Waals surface area contributed by atoms with Gasteiger partial charge in [0, 0.05) is 12.8 Å². The first-order chi connectivity index (χ1) is 13.2. The van der Waals surface area contributed by atoms with Gasteiger partial charge in [-0.05, 0) is 0 Å². The number of sulfonamides is 2. The highest BCUT2D eigenvalue weighted by molar-refractivity contribution is 8.04. The molecule has 0 aromatic rings. The van der Waals surface area contributed by atoms with Crippen LogP contribution in [0.3, 0.4) is 0 Å². The fraction of sp³-hybridized carbons (Fsp3) is 1.00. The maximum Gasteiger partial charge on any atom is 0.270 e. The lowest BCUT2D eigenvalue weighted by atomic mass is 10.3. The number of ether oxygens (including phenoxy) is 2. The van der Waals surface area contributed by atoms with Gasteiger partial charge in [0.25, 0.3) is 11.8 Å². The van der Waals surface area contributed by atoms with Gasteiger partial charge in [0.05, 0.1) is 39.1 Å². The van der Waals surface area contributed by atoms with E-state index in [0.29, 0.717) is 14.4 Å². The van der Waals surface area contributed by atoms with E-state index in [4.69, 9.17) is 0 Å². The Hall–Kier alpha value is -0.640. The highest BCUT2D eigenvalue weighted by Crippen LogP contribution is 2.18. The van der Waals surface area contributed by atoms with Crippen molar-refractivity contribution in [1.29, 1.82) is 0 Å². The van der Waals surface area contributed by atoms with E-state index in [-0.39, 0.29) is 0 Å². The predicted molar refractivity (Wildman–Crippen MR) is 96.9 cm³/mol. The van der Waals surface area contributed by atoms with Gasteiger partial charge in [-0.3, -0.25) is 8.78 Å². The quantitative estimate of drug-likeness (QED) is 0.300. The average Bonchev–Trinajstić information content (AvgIpc) is 2.65. The van der Waals surface area contributed by atoms with Crippen molar-refractivity contribution in [3.63, 3.8) is 0 Å². The number of halogens is 6. The summed E-state index contributed by atoms with van der Waals surface area (Å²) in [7, 11) is -7.69. The minimum absolute atomic E-state index is 0.483. The highest BCUT2D eigenvalue weighted by atomic mass is 32.3. The first kappa shape index (κ1) is 33.0. The Morgan fingerprint density at radius 1 is 0.690 bits per heavy atom. The molecule has 0 amide bonds. The molecular formula is C14H29F6NO6S2. The SMILES string of the molecule is CCC(F)(F)COCCS(=O)(=O)NS(=O)(=O)CCOCC(F)(F)CC.CF.CF. The van der Waals surface area contributed by atoms with Crippen molar-refractivity contribution in [3.05, 3.63) is 0 Å². The highest BCUT2D eigenvalue weighted by Gasteiger charge is 2.28. The molecule has 0 aromatic heterocycles. The van der Waals surface area contributed by atoms with Gasteiger partial charge in [0.15, 0.2) is 0 Å². The molecule has 0 unspecified atom stereocenters. The monoisotopic (exact) mass is 485 g/mol. The smallest absolute Gasteiger partial charge is 0.270 e. The Balaban J connectivity index is -0.00000158. The van der Waals surface area contributed by atoms with Crippen molar-refractivity contribution in [3.8, 4) is 0 Å². The second-order valence-electron chi connectivity index (χ2n) is 5.25. The minimum Gasteiger partial charge on any atom is -0.374 e. The van der Waals surface area contributed by atoms with Crippen LogP contribution in [0.25, 0.3) is 0 Å². The minimum atomic E-state index is -4.35. The molecule has 1 N–H and O–H groups in total. The van der Waals surface area contributed by atoms with Crippen molar-refractivity contribution < 1.29 is 52.7 Å². The molecule has 15 heteroatoms. The molecule has 0 bridgehead atoms. The van der Waals surface area contributed by atoms with E-state index in [9.17, 15) is 43.2 Å². The molecule has 0 radical (unpaired) electrons. The van der Waals surface area contributed by atoms with Gasteiger partial charge < -0.3 is 9.47 Å². The molecule has 0 aromatic carbocycles. The summed E-state index contributed by atoms with van der Waals surface area (Å²) < 4.78 is 127. The van der Waals surface area contributed by atoms with Gasteiger partial charge in [-0.15, -0.1) is 4.13 Å². The zero-order valence-corrected chi connectivity index (χ0v) is 18.3. The summed E-state index contributed by atoms with van der Waals surface area (Å²) in [5.41, 5.74) is 0. The molecule has 0 saturated heterocycles. The molecule has 0 aliphatic heterocycles. The van der Waals surface area contributed by atoms with Crippen molar-refractivity contribution >= 4 is 20.0 Å². The molecule has 0 rings (SSSR count). The molecule has 0 aliphatic rings. The first-order valence-electron chi connectivity index (χ1n) is 8.15. The van der Waals surface area contributed by atoms with Gasteiger partial charge in [-0.2, -0.15) is 0 Å². The molecule has 0 atom stereocenters. The summed E-state index contributed by atoms with van der Waals surface area (Å²) in [6.45, 7) is -0.755. The van der Waals surface area contributed by atoms with E-state index >= 15 is 0 Å². The molecule has 0 fully saturated rings. The van der Waals surface area contributed by atoms with Crippen molar-refractivity contribution in [2.24, 2.45) is 0 Å². The van der Waals surface area contributed by atoms with E-state index in [1.165, 1.54) is 18.0 Å². The van der Waals surface area contributed by atoms with Crippen LogP contribution in [0.2, 0.25) is 0 Å². The van der Waals surface area contributed by atoms with Crippen LogP contribution >= 0.6 is 0 Å². The number of hydrogen-bond acceptors (Lipinski definition) is 6.